The van der Waals surface area contributed by atoms with Gasteiger partial charge in [0.1, 0.15) is 0 Å². The Kier molecular flexibility index (Phi) is 9.47. The molecule has 2 heterocycles. The standard InChI is InChI=1S/C68H49N3/c1-46-33-40-57-56-28-15-17-31-63(56)71(65(57)43-46)64-32-18-29-60-67(64)59-42-39-53(44-61(59)68(60,49-21-8-3-9-22-49)50-23-10-4-11-24-50)69(51-25-12-5-13-26-51)54-38-41-58-55-27-14-16-30-62(55)70(66(58)45-54)52-36-34-48(35-37-52)47-19-6-2-7-20-47/h2-42,44-46H,43H2,1H3. The molecule has 2 aliphatic carbocycles. The van der Waals surface area contributed by atoms with Crippen LogP contribution in [0.2, 0.25) is 0 Å². The van der Waals surface area contributed by atoms with Crippen LogP contribution in [-0.2, 0) is 11.8 Å². The topological polar surface area (TPSA) is 13.1 Å². The van der Waals surface area contributed by atoms with E-state index in [4.69, 9.17) is 0 Å². The van der Waals surface area contributed by atoms with Crippen LogP contribution in [0, 0.1) is 5.92 Å². The summed E-state index contributed by atoms with van der Waals surface area (Å²) in [5, 5.41) is 3.75. The van der Waals surface area contributed by atoms with Crippen molar-refractivity contribution in [3.63, 3.8) is 0 Å². The first-order valence-electron chi connectivity index (χ1n) is 24.9. The molecule has 12 aromatic rings. The summed E-state index contributed by atoms with van der Waals surface area (Å²) in [6.07, 6.45) is 5.72. The van der Waals surface area contributed by atoms with Crippen LogP contribution in [0.4, 0.5) is 17.1 Å². The summed E-state index contributed by atoms with van der Waals surface area (Å²) < 4.78 is 5.02. The number of benzene rings is 10. The number of allylic oxidation sites excluding steroid dienone is 1. The molecule has 14 rings (SSSR count). The predicted molar refractivity (Wildman–Crippen MR) is 297 cm³/mol. The Bertz CT molecular complexity index is 3970. The van der Waals surface area contributed by atoms with E-state index >= 15 is 0 Å². The Labute approximate surface area is 414 Å². The van der Waals surface area contributed by atoms with Gasteiger partial charge >= 0.3 is 0 Å². The van der Waals surface area contributed by atoms with E-state index in [0.29, 0.717) is 5.92 Å². The predicted octanol–water partition coefficient (Wildman–Crippen LogP) is 17.4. The maximum Gasteiger partial charge on any atom is 0.0715 e. The van der Waals surface area contributed by atoms with Gasteiger partial charge in [0.15, 0.2) is 0 Å². The Morgan fingerprint density at radius 3 is 1.73 bits per heavy atom. The minimum absolute atomic E-state index is 0.439. The summed E-state index contributed by atoms with van der Waals surface area (Å²) in [5.41, 5.74) is 21.3. The van der Waals surface area contributed by atoms with Crippen LogP contribution in [0.3, 0.4) is 0 Å². The molecule has 2 aromatic heterocycles. The molecule has 1 atom stereocenters. The molecule has 3 nitrogen and oxygen atoms in total. The molecule has 0 N–H and O–H groups in total. The molecule has 71 heavy (non-hydrogen) atoms. The van der Waals surface area contributed by atoms with E-state index in [2.05, 4.69) is 282 Å². The van der Waals surface area contributed by atoms with Crippen molar-refractivity contribution in [2.75, 3.05) is 4.90 Å². The molecule has 2 aliphatic rings. The molecule has 0 saturated carbocycles. The lowest BCUT2D eigenvalue weighted by molar-refractivity contribution is 0.690. The number of anilines is 3. The summed E-state index contributed by atoms with van der Waals surface area (Å²) in [7, 11) is 0. The van der Waals surface area contributed by atoms with E-state index in [-0.39, 0.29) is 0 Å². The van der Waals surface area contributed by atoms with Gasteiger partial charge in [-0.2, -0.15) is 0 Å². The van der Waals surface area contributed by atoms with Gasteiger partial charge in [0.25, 0.3) is 0 Å². The number of rotatable bonds is 8. The lowest BCUT2D eigenvalue weighted by Gasteiger charge is -2.35. The van der Waals surface area contributed by atoms with Gasteiger partial charge in [-0.05, 0) is 118 Å². The minimum atomic E-state index is -0.625. The molecule has 0 fully saturated rings. The highest BCUT2D eigenvalue weighted by Gasteiger charge is 2.47. The Morgan fingerprint density at radius 1 is 0.437 bits per heavy atom. The van der Waals surface area contributed by atoms with Crippen LogP contribution in [-0.4, -0.2) is 9.13 Å². The van der Waals surface area contributed by atoms with Crippen LogP contribution in [0.1, 0.15) is 40.4 Å². The molecular weight excluding hydrogens is 859 g/mol. The van der Waals surface area contributed by atoms with Crippen LogP contribution >= 0.6 is 0 Å². The van der Waals surface area contributed by atoms with Gasteiger partial charge in [-0.3, -0.25) is 0 Å². The Morgan fingerprint density at radius 2 is 1.01 bits per heavy atom. The van der Waals surface area contributed by atoms with Crippen molar-refractivity contribution in [1.29, 1.82) is 0 Å². The number of hydrogen-bond donors (Lipinski definition) is 0. The fraction of sp³-hybridized carbons (Fsp3) is 0.0588. The van der Waals surface area contributed by atoms with E-state index in [1.807, 2.05) is 0 Å². The molecule has 3 heteroatoms. The molecule has 0 amide bonds. The second kappa shape index (κ2) is 16.4. The van der Waals surface area contributed by atoms with Crippen LogP contribution in [0.25, 0.3) is 72.4 Å². The van der Waals surface area contributed by atoms with Gasteiger partial charge in [-0.1, -0.05) is 201 Å². The highest BCUT2D eigenvalue weighted by molar-refractivity contribution is 6.10. The third kappa shape index (κ3) is 6.29. The number of hydrogen-bond acceptors (Lipinski definition) is 1. The van der Waals surface area contributed by atoms with Crippen molar-refractivity contribution in [2.45, 2.75) is 18.8 Å². The van der Waals surface area contributed by atoms with E-state index in [0.717, 1.165) is 34.7 Å². The zero-order valence-electron chi connectivity index (χ0n) is 39.5. The minimum Gasteiger partial charge on any atom is -0.312 e. The van der Waals surface area contributed by atoms with Crippen molar-refractivity contribution in [3.8, 4) is 33.6 Å². The average molecular weight is 908 g/mol. The second-order valence-electron chi connectivity index (χ2n) is 19.3. The SMILES string of the molecule is CC1C=Cc2c(n(-c3cccc4c3-c3ccc(N(c5ccccc5)c5ccc6c7ccccc7n(-c7ccc(-c8ccccc8)cc7)c6c5)cc3C4(c3ccccc3)c3ccccc3)c3ccccc23)C1. The third-order valence-corrected chi connectivity index (χ3v) is 15.3. The smallest absolute Gasteiger partial charge is 0.0715 e. The number of aromatic nitrogens is 2. The zero-order valence-corrected chi connectivity index (χ0v) is 39.5. The zero-order chi connectivity index (χ0) is 47.0. The van der Waals surface area contributed by atoms with Crippen molar-refractivity contribution < 1.29 is 0 Å². The maximum absolute atomic E-state index is 2.59. The van der Waals surface area contributed by atoms with Gasteiger partial charge in [-0.25, -0.2) is 0 Å². The lowest BCUT2D eigenvalue weighted by Crippen LogP contribution is -2.28. The van der Waals surface area contributed by atoms with Gasteiger partial charge in [0.05, 0.1) is 27.7 Å². The van der Waals surface area contributed by atoms with E-state index in [9.17, 15) is 0 Å². The quantitative estimate of drug-likeness (QED) is 0.148. The fourth-order valence-electron chi connectivity index (χ4n) is 12.3. The summed E-state index contributed by atoms with van der Waals surface area (Å²) in [6.45, 7) is 2.34. The first kappa shape index (κ1) is 41.1. The van der Waals surface area contributed by atoms with Gasteiger partial charge < -0.3 is 14.0 Å². The van der Waals surface area contributed by atoms with E-state index in [1.54, 1.807) is 0 Å². The summed E-state index contributed by atoms with van der Waals surface area (Å²) >= 11 is 0. The first-order chi connectivity index (χ1) is 35.1. The maximum atomic E-state index is 2.59. The highest BCUT2D eigenvalue weighted by Crippen LogP contribution is 2.59. The number of nitrogens with zero attached hydrogens (tertiary/aromatic N) is 3. The second-order valence-corrected chi connectivity index (χ2v) is 19.3. The third-order valence-electron chi connectivity index (χ3n) is 15.3. The molecule has 336 valence electrons. The first-order valence-corrected chi connectivity index (χ1v) is 24.9. The molecule has 1 unspecified atom stereocenters. The van der Waals surface area contributed by atoms with Crippen LogP contribution in [0.15, 0.2) is 255 Å². The van der Waals surface area contributed by atoms with Crippen molar-refractivity contribution in [2.24, 2.45) is 5.92 Å². The molecule has 0 saturated heterocycles. The van der Waals surface area contributed by atoms with Crippen LogP contribution in [0.5, 0.6) is 0 Å². The molecule has 10 aromatic carbocycles. The largest absolute Gasteiger partial charge is 0.312 e. The molecule has 0 bridgehead atoms. The number of para-hydroxylation sites is 3. The highest BCUT2D eigenvalue weighted by atomic mass is 15.1. The van der Waals surface area contributed by atoms with Gasteiger partial charge in [0.2, 0.25) is 0 Å². The lowest BCUT2D eigenvalue weighted by atomic mass is 9.67. The number of fused-ring (bicyclic) bond motifs is 9. The van der Waals surface area contributed by atoms with Crippen molar-refractivity contribution in [3.05, 3.63) is 288 Å². The monoisotopic (exact) mass is 907 g/mol. The van der Waals surface area contributed by atoms with Crippen molar-refractivity contribution >= 4 is 55.8 Å². The molecule has 0 aliphatic heterocycles. The van der Waals surface area contributed by atoms with Crippen LogP contribution < -0.4 is 4.90 Å². The van der Waals surface area contributed by atoms with E-state index in [1.165, 1.54) is 88.6 Å². The Balaban J connectivity index is 1.02. The average Bonchev–Trinajstić information content (AvgIpc) is 4.06. The molecule has 0 spiro atoms. The molecular formula is C68H49N3. The van der Waals surface area contributed by atoms with Gasteiger partial charge in [0, 0.05) is 55.7 Å². The fourth-order valence-corrected chi connectivity index (χ4v) is 12.3. The summed E-state index contributed by atoms with van der Waals surface area (Å²) in [6, 6.07) is 92.1. The van der Waals surface area contributed by atoms with Crippen molar-refractivity contribution in [1.82, 2.24) is 9.13 Å². The normalized spacial score (nSPS) is 14.4. The molecule has 0 radical (unpaired) electrons. The Hall–Kier alpha value is -8.92. The van der Waals surface area contributed by atoms with E-state index < -0.39 is 5.41 Å². The summed E-state index contributed by atoms with van der Waals surface area (Å²) in [4.78, 5) is 2.45. The summed E-state index contributed by atoms with van der Waals surface area (Å²) in [5.74, 6) is 0.439. The van der Waals surface area contributed by atoms with Gasteiger partial charge in [-0.15, -0.1) is 0 Å².